The molecule has 1 aromatic carbocycles. The number of benzene rings is 1. The van der Waals surface area contributed by atoms with Gasteiger partial charge in [-0.2, -0.15) is 0 Å². The molecule has 4 heteroatoms. The Kier molecular flexibility index (Phi) is 5.66. The van der Waals surface area contributed by atoms with Crippen LogP contribution < -0.4 is 5.73 Å². The highest BCUT2D eigenvalue weighted by Gasteiger charge is 2.18. The van der Waals surface area contributed by atoms with E-state index in [1.54, 1.807) is 19.1 Å². The zero-order valence-corrected chi connectivity index (χ0v) is 10.4. The molecule has 0 aliphatic rings. The van der Waals surface area contributed by atoms with E-state index in [1.165, 1.54) is 0 Å². The van der Waals surface area contributed by atoms with E-state index >= 15 is 0 Å². The van der Waals surface area contributed by atoms with Gasteiger partial charge in [0, 0.05) is 27.3 Å². The van der Waals surface area contributed by atoms with Crippen molar-refractivity contribution < 1.29 is 9.53 Å². The number of rotatable bonds is 6. The summed E-state index contributed by atoms with van der Waals surface area (Å²) < 4.78 is 4.95. The van der Waals surface area contributed by atoms with Gasteiger partial charge in [-0.05, 0) is 12.0 Å². The largest absolute Gasteiger partial charge is 0.385 e. The van der Waals surface area contributed by atoms with Crippen molar-refractivity contribution in [3.05, 3.63) is 35.9 Å². The van der Waals surface area contributed by atoms with Gasteiger partial charge in [-0.1, -0.05) is 30.3 Å². The summed E-state index contributed by atoms with van der Waals surface area (Å²) in [5.74, 6) is -0.0627. The van der Waals surface area contributed by atoms with Gasteiger partial charge in [-0.25, -0.2) is 0 Å². The van der Waals surface area contributed by atoms with Crippen LogP contribution in [0.15, 0.2) is 30.3 Å². The molecule has 1 aromatic rings. The summed E-state index contributed by atoms with van der Waals surface area (Å²) in [7, 11) is 3.41. The molecule has 0 saturated heterocycles. The first-order chi connectivity index (χ1) is 8.16. The Bertz CT molecular complexity index is 341. The van der Waals surface area contributed by atoms with Crippen LogP contribution in [-0.2, 0) is 9.53 Å². The van der Waals surface area contributed by atoms with Crippen molar-refractivity contribution in [1.29, 1.82) is 0 Å². The van der Waals surface area contributed by atoms with Gasteiger partial charge in [-0.15, -0.1) is 0 Å². The minimum Gasteiger partial charge on any atom is -0.385 e. The summed E-state index contributed by atoms with van der Waals surface area (Å²) in [6, 6.07) is 8.82. The summed E-state index contributed by atoms with van der Waals surface area (Å²) >= 11 is 0. The van der Waals surface area contributed by atoms with Crippen LogP contribution in [0, 0.1) is 0 Å². The third kappa shape index (κ3) is 4.17. The molecule has 0 saturated carbocycles. The van der Waals surface area contributed by atoms with Crippen LogP contribution in [0.4, 0.5) is 0 Å². The molecule has 0 aliphatic heterocycles. The Labute approximate surface area is 102 Å². The predicted octanol–water partition coefficient (Wildman–Crippen LogP) is 1.18. The zero-order chi connectivity index (χ0) is 12.7. The van der Waals surface area contributed by atoms with Crippen LogP contribution >= 0.6 is 0 Å². The Morgan fingerprint density at radius 2 is 2.06 bits per heavy atom. The molecule has 0 bridgehead atoms. The molecule has 2 N–H and O–H groups in total. The Morgan fingerprint density at radius 1 is 1.41 bits per heavy atom. The lowest BCUT2D eigenvalue weighted by molar-refractivity contribution is -0.131. The predicted molar refractivity (Wildman–Crippen MR) is 67.5 cm³/mol. The lowest BCUT2D eigenvalue weighted by atomic mass is 10.1. The summed E-state index contributed by atoms with van der Waals surface area (Å²) in [4.78, 5) is 13.6. The van der Waals surface area contributed by atoms with E-state index in [0.717, 1.165) is 12.0 Å². The molecule has 4 nitrogen and oxygen atoms in total. The van der Waals surface area contributed by atoms with Crippen molar-refractivity contribution in [1.82, 2.24) is 4.90 Å². The summed E-state index contributed by atoms with van der Waals surface area (Å²) in [5.41, 5.74) is 6.76. The van der Waals surface area contributed by atoms with Gasteiger partial charge in [0.1, 0.15) is 6.04 Å². The van der Waals surface area contributed by atoms with Crippen molar-refractivity contribution >= 4 is 5.91 Å². The molecular formula is C13H20N2O2. The first-order valence-electron chi connectivity index (χ1n) is 5.71. The van der Waals surface area contributed by atoms with E-state index in [9.17, 15) is 4.79 Å². The van der Waals surface area contributed by atoms with Crippen LogP contribution in [0.25, 0.3) is 0 Å². The van der Waals surface area contributed by atoms with Crippen molar-refractivity contribution in [2.45, 2.75) is 12.5 Å². The number of amides is 1. The molecule has 1 amide bonds. The normalized spacial score (nSPS) is 12.2. The Balaban J connectivity index is 2.51. The highest BCUT2D eigenvalue weighted by molar-refractivity contribution is 5.82. The molecule has 1 rings (SSSR count). The van der Waals surface area contributed by atoms with Crippen molar-refractivity contribution in [2.24, 2.45) is 5.73 Å². The number of nitrogens with zero attached hydrogens (tertiary/aromatic N) is 1. The van der Waals surface area contributed by atoms with E-state index in [2.05, 4.69) is 0 Å². The molecule has 17 heavy (non-hydrogen) atoms. The fraction of sp³-hybridized carbons (Fsp3) is 0.462. The van der Waals surface area contributed by atoms with Gasteiger partial charge >= 0.3 is 0 Å². The molecule has 0 aromatic heterocycles. The molecule has 0 heterocycles. The summed E-state index contributed by atoms with van der Waals surface area (Å²) in [6.07, 6.45) is 0.820. The van der Waals surface area contributed by atoms with E-state index in [0.29, 0.717) is 13.2 Å². The first kappa shape index (κ1) is 13.7. The molecule has 0 fully saturated rings. The number of nitrogens with two attached hydrogens (primary N) is 1. The number of likely N-dealkylation sites (N-methyl/N-ethyl adjacent to an activating group) is 1. The van der Waals surface area contributed by atoms with Crippen LogP contribution in [0.3, 0.4) is 0 Å². The van der Waals surface area contributed by atoms with Crippen LogP contribution in [0.1, 0.15) is 18.0 Å². The average Bonchev–Trinajstić information content (AvgIpc) is 2.38. The average molecular weight is 236 g/mol. The summed E-state index contributed by atoms with van der Waals surface area (Å²) in [6.45, 7) is 1.31. The number of hydrogen-bond donors (Lipinski definition) is 1. The van der Waals surface area contributed by atoms with Crippen LogP contribution in [0.5, 0.6) is 0 Å². The van der Waals surface area contributed by atoms with Crippen molar-refractivity contribution in [3.8, 4) is 0 Å². The highest BCUT2D eigenvalue weighted by atomic mass is 16.5. The fourth-order valence-electron chi connectivity index (χ4n) is 1.60. The fourth-order valence-corrected chi connectivity index (χ4v) is 1.60. The second-order valence-corrected chi connectivity index (χ2v) is 3.99. The third-order valence-corrected chi connectivity index (χ3v) is 2.64. The monoisotopic (exact) mass is 236 g/mol. The first-order valence-corrected chi connectivity index (χ1v) is 5.71. The number of hydrogen-bond acceptors (Lipinski definition) is 3. The number of carbonyl (C=O) groups excluding carboxylic acids is 1. The maximum Gasteiger partial charge on any atom is 0.243 e. The third-order valence-electron chi connectivity index (χ3n) is 2.64. The van der Waals surface area contributed by atoms with Gasteiger partial charge in [0.15, 0.2) is 0 Å². The van der Waals surface area contributed by atoms with Gasteiger partial charge < -0.3 is 15.4 Å². The van der Waals surface area contributed by atoms with Crippen molar-refractivity contribution in [3.63, 3.8) is 0 Å². The maximum atomic E-state index is 12.0. The second-order valence-electron chi connectivity index (χ2n) is 3.99. The van der Waals surface area contributed by atoms with E-state index < -0.39 is 6.04 Å². The zero-order valence-electron chi connectivity index (χ0n) is 10.4. The Morgan fingerprint density at radius 3 is 2.65 bits per heavy atom. The smallest absolute Gasteiger partial charge is 0.243 e. The summed E-state index contributed by atoms with van der Waals surface area (Å²) in [5, 5.41) is 0. The highest BCUT2D eigenvalue weighted by Crippen LogP contribution is 2.12. The Hall–Kier alpha value is -1.39. The number of ether oxygens (including phenoxy) is 1. The minimum atomic E-state index is -0.580. The van der Waals surface area contributed by atoms with Gasteiger partial charge in [0.25, 0.3) is 0 Å². The van der Waals surface area contributed by atoms with E-state index in [4.69, 9.17) is 10.5 Å². The number of methoxy groups -OCH3 is 1. The number of carbonyl (C=O) groups is 1. The van der Waals surface area contributed by atoms with Crippen LogP contribution in [0.2, 0.25) is 0 Å². The maximum absolute atomic E-state index is 12.0. The lowest BCUT2D eigenvalue weighted by Crippen LogP contribution is -2.36. The van der Waals surface area contributed by atoms with Gasteiger partial charge in [0.05, 0.1) is 0 Å². The quantitative estimate of drug-likeness (QED) is 0.755. The molecule has 0 aliphatic carbocycles. The molecule has 0 radical (unpaired) electrons. The molecular weight excluding hydrogens is 216 g/mol. The molecule has 1 atom stereocenters. The topological polar surface area (TPSA) is 55.6 Å². The molecule has 0 unspecified atom stereocenters. The minimum absolute atomic E-state index is 0.0627. The standard InChI is InChI=1S/C13H20N2O2/c1-15(9-6-10-17-2)13(16)12(14)11-7-4-3-5-8-11/h3-5,7-8,12H,6,9-10,14H2,1-2H3/t12-/m1/s1. The van der Waals surface area contributed by atoms with Crippen molar-refractivity contribution in [2.75, 3.05) is 27.3 Å². The molecule has 0 spiro atoms. The SMILES string of the molecule is COCCCN(C)C(=O)[C@H](N)c1ccccc1. The second kappa shape index (κ2) is 7.04. The van der Waals surface area contributed by atoms with Gasteiger partial charge in [0.2, 0.25) is 5.91 Å². The molecule has 94 valence electrons. The van der Waals surface area contributed by atoms with Gasteiger partial charge in [-0.3, -0.25) is 4.79 Å². The lowest BCUT2D eigenvalue weighted by Gasteiger charge is -2.21. The van der Waals surface area contributed by atoms with Crippen LogP contribution in [-0.4, -0.2) is 38.1 Å². The van der Waals surface area contributed by atoms with E-state index in [-0.39, 0.29) is 5.91 Å². The van der Waals surface area contributed by atoms with E-state index in [1.807, 2.05) is 30.3 Å².